The van der Waals surface area contributed by atoms with Gasteiger partial charge in [-0.2, -0.15) is 5.10 Å². The Morgan fingerprint density at radius 2 is 2.47 bits per heavy atom. The maximum atomic E-state index is 11.8. The summed E-state index contributed by atoms with van der Waals surface area (Å²) < 4.78 is 1.76. The van der Waals surface area contributed by atoms with E-state index in [2.05, 4.69) is 10.4 Å². The fourth-order valence-corrected chi connectivity index (χ4v) is 1.94. The lowest BCUT2D eigenvalue weighted by Gasteiger charge is -2.15. The van der Waals surface area contributed by atoms with Gasteiger partial charge in [-0.15, -0.1) is 0 Å². The molecule has 5 heteroatoms. The van der Waals surface area contributed by atoms with Crippen LogP contribution >= 0.6 is 0 Å². The molecule has 1 saturated heterocycles. The van der Waals surface area contributed by atoms with E-state index >= 15 is 0 Å². The Hall–Kier alpha value is -1.36. The van der Waals surface area contributed by atoms with Crippen LogP contribution in [-0.4, -0.2) is 40.2 Å². The molecule has 0 saturated carbocycles. The normalized spacial score (nSPS) is 21.3. The molecule has 1 aromatic heterocycles. The lowest BCUT2D eigenvalue weighted by Crippen LogP contribution is -2.35. The van der Waals surface area contributed by atoms with E-state index in [0.717, 1.165) is 18.5 Å². The zero-order chi connectivity index (χ0) is 10.8. The number of aryl methyl sites for hydroxylation is 1. The van der Waals surface area contributed by atoms with Crippen LogP contribution < -0.4 is 5.32 Å². The van der Waals surface area contributed by atoms with Crippen molar-refractivity contribution in [2.75, 3.05) is 13.6 Å². The Morgan fingerprint density at radius 1 is 1.67 bits per heavy atom. The van der Waals surface area contributed by atoms with Crippen LogP contribution in [0.4, 0.5) is 0 Å². The van der Waals surface area contributed by atoms with Gasteiger partial charge in [0.25, 0.3) is 0 Å². The summed E-state index contributed by atoms with van der Waals surface area (Å²) in [5.74, 6) is 0.196. The maximum Gasteiger partial charge on any atom is 0.240 e. The van der Waals surface area contributed by atoms with E-state index < -0.39 is 0 Å². The Morgan fingerprint density at radius 3 is 3.00 bits per heavy atom. The SMILES string of the molecule is CNC1CCN(Cc2cnn(C)c2)C1=O. The third-order valence-electron chi connectivity index (χ3n) is 2.78. The van der Waals surface area contributed by atoms with E-state index in [4.69, 9.17) is 0 Å². The molecular formula is C10H16N4O. The van der Waals surface area contributed by atoms with Crippen LogP contribution in [0, 0.1) is 0 Å². The highest BCUT2D eigenvalue weighted by atomic mass is 16.2. The molecular weight excluding hydrogens is 192 g/mol. The van der Waals surface area contributed by atoms with Gasteiger partial charge in [-0.05, 0) is 13.5 Å². The van der Waals surface area contributed by atoms with Crippen LogP contribution in [-0.2, 0) is 18.4 Å². The van der Waals surface area contributed by atoms with Crippen molar-refractivity contribution >= 4 is 5.91 Å². The average Bonchev–Trinajstić information content (AvgIpc) is 2.76. The molecule has 0 spiro atoms. The quantitative estimate of drug-likeness (QED) is 0.744. The summed E-state index contributed by atoms with van der Waals surface area (Å²) in [6.07, 6.45) is 4.65. The molecule has 1 unspecified atom stereocenters. The number of hydrogen-bond acceptors (Lipinski definition) is 3. The fourth-order valence-electron chi connectivity index (χ4n) is 1.94. The highest BCUT2D eigenvalue weighted by Gasteiger charge is 2.30. The second kappa shape index (κ2) is 4.02. The Balaban J connectivity index is 1.99. The Bertz CT molecular complexity index is 360. The van der Waals surface area contributed by atoms with Gasteiger partial charge >= 0.3 is 0 Å². The highest BCUT2D eigenvalue weighted by Crippen LogP contribution is 2.14. The average molecular weight is 208 g/mol. The number of hydrogen-bond donors (Lipinski definition) is 1. The van der Waals surface area contributed by atoms with E-state index in [-0.39, 0.29) is 11.9 Å². The molecule has 1 aliphatic heterocycles. The van der Waals surface area contributed by atoms with Crippen molar-refractivity contribution in [2.45, 2.75) is 19.0 Å². The summed E-state index contributed by atoms with van der Waals surface area (Å²) in [5, 5.41) is 7.11. The number of likely N-dealkylation sites (N-methyl/N-ethyl adjacent to an activating group) is 1. The van der Waals surface area contributed by atoms with Gasteiger partial charge in [-0.25, -0.2) is 0 Å². The summed E-state index contributed by atoms with van der Waals surface area (Å²) in [7, 11) is 3.71. The first-order valence-electron chi connectivity index (χ1n) is 5.14. The van der Waals surface area contributed by atoms with E-state index in [0.29, 0.717) is 6.54 Å². The van der Waals surface area contributed by atoms with Gasteiger partial charge in [-0.3, -0.25) is 9.48 Å². The molecule has 2 rings (SSSR count). The minimum Gasteiger partial charge on any atom is -0.337 e. The van der Waals surface area contributed by atoms with Crippen LogP contribution in [0.3, 0.4) is 0 Å². The van der Waals surface area contributed by atoms with E-state index in [1.54, 1.807) is 10.9 Å². The molecule has 0 aliphatic carbocycles. The van der Waals surface area contributed by atoms with Crippen molar-refractivity contribution < 1.29 is 4.79 Å². The van der Waals surface area contributed by atoms with Gasteiger partial charge in [0.2, 0.25) is 5.91 Å². The first-order chi connectivity index (χ1) is 7.20. The third kappa shape index (κ3) is 2.02. The summed E-state index contributed by atoms with van der Waals surface area (Å²) in [6.45, 7) is 1.50. The zero-order valence-corrected chi connectivity index (χ0v) is 9.10. The minimum absolute atomic E-state index is 0.00155. The summed E-state index contributed by atoms with van der Waals surface area (Å²) in [4.78, 5) is 13.7. The second-order valence-corrected chi connectivity index (χ2v) is 3.91. The molecule has 5 nitrogen and oxygen atoms in total. The van der Waals surface area contributed by atoms with Gasteiger partial charge in [0.1, 0.15) is 0 Å². The molecule has 0 aromatic carbocycles. The molecule has 0 radical (unpaired) electrons. The van der Waals surface area contributed by atoms with Crippen molar-refractivity contribution in [3.05, 3.63) is 18.0 Å². The Kier molecular flexibility index (Phi) is 2.73. The fraction of sp³-hybridized carbons (Fsp3) is 0.600. The standard InChI is InChI=1S/C10H16N4O/c1-11-9-3-4-14(10(9)15)7-8-5-12-13(2)6-8/h5-6,9,11H,3-4,7H2,1-2H3. The van der Waals surface area contributed by atoms with E-state index in [1.807, 2.05) is 25.2 Å². The largest absolute Gasteiger partial charge is 0.337 e. The van der Waals surface area contributed by atoms with E-state index in [9.17, 15) is 4.79 Å². The van der Waals surface area contributed by atoms with Crippen LogP contribution in [0.5, 0.6) is 0 Å². The first kappa shape index (κ1) is 10.2. The first-order valence-corrected chi connectivity index (χ1v) is 5.14. The van der Waals surface area contributed by atoms with Crippen molar-refractivity contribution in [1.82, 2.24) is 20.0 Å². The lowest BCUT2D eigenvalue weighted by molar-refractivity contribution is -0.129. The van der Waals surface area contributed by atoms with Crippen molar-refractivity contribution in [2.24, 2.45) is 7.05 Å². The predicted molar refractivity (Wildman–Crippen MR) is 56.1 cm³/mol. The monoisotopic (exact) mass is 208 g/mol. The molecule has 15 heavy (non-hydrogen) atoms. The number of amides is 1. The van der Waals surface area contributed by atoms with Gasteiger partial charge in [0, 0.05) is 31.9 Å². The lowest BCUT2D eigenvalue weighted by atomic mass is 10.2. The van der Waals surface area contributed by atoms with Crippen molar-refractivity contribution in [1.29, 1.82) is 0 Å². The van der Waals surface area contributed by atoms with Crippen molar-refractivity contribution in [3.63, 3.8) is 0 Å². The molecule has 0 bridgehead atoms. The topological polar surface area (TPSA) is 50.2 Å². The van der Waals surface area contributed by atoms with Crippen molar-refractivity contribution in [3.8, 4) is 0 Å². The summed E-state index contributed by atoms with van der Waals surface area (Å²) in [5.41, 5.74) is 1.09. The van der Waals surface area contributed by atoms with Gasteiger partial charge < -0.3 is 10.2 Å². The Labute approximate surface area is 89.1 Å². The number of carbonyl (C=O) groups excluding carboxylic acids is 1. The van der Waals surface area contributed by atoms with E-state index in [1.165, 1.54) is 0 Å². The van der Waals surface area contributed by atoms with Crippen LogP contribution in [0.15, 0.2) is 12.4 Å². The number of carbonyl (C=O) groups is 1. The zero-order valence-electron chi connectivity index (χ0n) is 9.10. The molecule has 1 atom stereocenters. The predicted octanol–water partition coefficient (Wildman–Crippen LogP) is -0.260. The second-order valence-electron chi connectivity index (χ2n) is 3.91. The summed E-state index contributed by atoms with van der Waals surface area (Å²) in [6, 6.07) is 0.00155. The highest BCUT2D eigenvalue weighted by molar-refractivity contribution is 5.83. The molecule has 1 aliphatic rings. The molecule has 1 amide bonds. The number of rotatable bonds is 3. The summed E-state index contributed by atoms with van der Waals surface area (Å²) >= 11 is 0. The smallest absolute Gasteiger partial charge is 0.240 e. The third-order valence-corrected chi connectivity index (χ3v) is 2.78. The van der Waals surface area contributed by atoms with Crippen LogP contribution in [0.1, 0.15) is 12.0 Å². The number of nitrogens with one attached hydrogen (secondary N) is 1. The number of aromatic nitrogens is 2. The van der Waals surface area contributed by atoms with Crippen LogP contribution in [0.2, 0.25) is 0 Å². The molecule has 1 N–H and O–H groups in total. The molecule has 82 valence electrons. The molecule has 1 fully saturated rings. The van der Waals surface area contributed by atoms with Gasteiger partial charge in [0.15, 0.2) is 0 Å². The van der Waals surface area contributed by atoms with Crippen LogP contribution in [0.25, 0.3) is 0 Å². The molecule has 1 aromatic rings. The molecule has 2 heterocycles. The number of likely N-dealkylation sites (tertiary alicyclic amines) is 1. The maximum absolute atomic E-state index is 11.8. The van der Waals surface area contributed by atoms with Gasteiger partial charge in [-0.1, -0.05) is 0 Å². The number of nitrogens with zero attached hydrogens (tertiary/aromatic N) is 3. The minimum atomic E-state index is 0.00155. The van der Waals surface area contributed by atoms with Gasteiger partial charge in [0.05, 0.1) is 12.2 Å².